The molecule has 3 rings (SSSR count). The largest absolute Gasteiger partial charge is 0.350 e. The number of nitrogens with zero attached hydrogens (tertiary/aromatic N) is 2. The van der Waals surface area contributed by atoms with E-state index in [1.54, 1.807) is 17.6 Å². The van der Waals surface area contributed by atoms with Gasteiger partial charge in [0.15, 0.2) is 0 Å². The van der Waals surface area contributed by atoms with E-state index in [9.17, 15) is 4.79 Å². The van der Waals surface area contributed by atoms with Gasteiger partial charge < -0.3 is 4.57 Å². The first-order valence-corrected chi connectivity index (χ1v) is 7.94. The lowest BCUT2D eigenvalue weighted by Crippen LogP contribution is -2.17. The third-order valence-corrected chi connectivity index (χ3v) is 4.72. The molecule has 0 radical (unpaired) electrons. The third-order valence-electron chi connectivity index (χ3n) is 3.09. The predicted molar refractivity (Wildman–Crippen MR) is 90.0 cm³/mol. The molecule has 0 bridgehead atoms. The number of carbonyl (C=O) groups excluding carboxylic acids is 1. The highest BCUT2D eigenvalue weighted by Crippen LogP contribution is 2.20. The maximum atomic E-state index is 12.2. The van der Waals surface area contributed by atoms with Crippen molar-refractivity contribution in [1.82, 2.24) is 9.99 Å². The SMILES string of the molecule is Cn1cc(C(=O)NN=Cc2cc(Br)cs2)c2ccccc21. The molecule has 0 aliphatic heterocycles. The van der Waals surface area contributed by atoms with Gasteiger partial charge in [-0.15, -0.1) is 11.3 Å². The second-order valence-electron chi connectivity index (χ2n) is 4.54. The number of benzene rings is 1. The van der Waals surface area contributed by atoms with Gasteiger partial charge in [0.1, 0.15) is 0 Å². The van der Waals surface area contributed by atoms with E-state index in [2.05, 4.69) is 26.5 Å². The summed E-state index contributed by atoms with van der Waals surface area (Å²) in [5.74, 6) is -0.210. The summed E-state index contributed by atoms with van der Waals surface area (Å²) in [7, 11) is 1.92. The van der Waals surface area contributed by atoms with Gasteiger partial charge in [0.2, 0.25) is 0 Å². The highest BCUT2D eigenvalue weighted by molar-refractivity contribution is 9.10. The summed E-state index contributed by atoms with van der Waals surface area (Å²) in [5.41, 5.74) is 4.22. The van der Waals surface area contributed by atoms with Crippen molar-refractivity contribution in [2.45, 2.75) is 0 Å². The Kier molecular flexibility index (Phi) is 3.90. The van der Waals surface area contributed by atoms with Crippen molar-refractivity contribution in [2.75, 3.05) is 0 Å². The number of hydrogen-bond acceptors (Lipinski definition) is 3. The molecule has 0 saturated heterocycles. The second-order valence-corrected chi connectivity index (χ2v) is 6.40. The van der Waals surface area contributed by atoms with Crippen molar-refractivity contribution in [3.8, 4) is 0 Å². The van der Waals surface area contributed by atoms with Crippen LogP contribution in [0.2, 0.25) is 0 Å². The Hall–Kier alpha value is -1.92. The number of nitrogens with one attached hydrogen (secondary N) is 1. The minimum absolute atomic E-state index is 0.210. The third kappa shape index (κ3) is 2.91. The topological polar surface area (TPSA) is 46.4 Å². The van der Waals surface area contributed by atoms with Gasteiger partial charge in [-0.1, -0.05) is 18.2 Å². The first kappa shape index (κ1) is 14.0. The van der Waals surface area contributed by atoms with E-state index in [0.29, 0.717) is 5.56 Å². The van der Waals surface area contributed by atoms with Crippen LogP contribution in [-0.4, -0.2) is 16.7 Å². The van der Waals surface area contributed by atoms with E-state index in [-0.39, 0.29) is 5.91 Å². The molecule has 2 aromatic heterocycles. The Labute approximate surface area is 134 Å². The van der Waals surface area contributed by atoms with Crippen molar-refractivity contribution in [2.24, 2.45) is 12.1 Å². The number of fused-ring (bicyclic) bond motifs is 1. The molecule has 106 valence electrons. The van der Waals surface area contributed by atoms with Crippen LogP contribution in [0.15, 0.2) is 51.5 Å². The molecule has 3 aromatic rings. The molecule has 0 unspecified atom stereocenters. The van der Waals surface area contributed by atoms with Gasteiger partial charge in [0, 0.05) is 38.9 Å². The Bertz CT molecular complexity index is 834. The van der Waals surface area contributed by atoms with Crippen LogP contribution < -0.4 is 5.43 Å². The van der Waals surface area contributed by atoms with E-state index in [1.165, 1.54) is 0 Å². The number of para-hydroxylation sites is 1. The van der Waals surface area contributed by atoms with Crippen molar-refractivity contribution in [3.05, 3.63) is 56.8 Å². The Balaban J connectivity index is 1.80. The average Bonchev–Trinajstić information content (AvgIpc) is 3.04. The lowest BCUT2D eigenvalue weighted by atomic mass is 10.2. The van der Waals surface area contributed by atoms with Gasteiger partial charge in [0.05, 0.1) is 11.8 Å². The monoisotopic (exact) mass is 361 g/mol. The van der Waals surface area contributed by atoms with Gasteiger partial charge >= 0.3 is 0 Å². The molecule has 1 N–H and O–H groups in total. The first-order chi connectivity index (χ1) is 10.1. The minimum Gasteiger partial charge on any atom is -0.350 e. The zero-order chi connectivity index (χ0) is 14.8. The molecule has 21 heavy (non-hydrogen) atoms. The van der Waals surface area contributed by atoms with Crippen molar-refractivity contribution >= 4 is 50.3 Å². The highest BCUT2D eigenvalue weighted by atomic mass is 79.9. The number of amides is 1. The normalized spacial score (nSPS) is 11.3. The molecule has 1 aromatic carbocycles. The number of rotatable bonds is 3. The summed E-state index contributed by atoms with van der Waals surface area (Å²) in [5, 5.41) is 6.89. The number of carbonyl (C=O) groups is 1. The molecule has 0 aliphatic rings. The number of aromatic nitrogens is 1. The zero-order valence-corrected chi connectivity index (χ0v) is 13.6. The molecule has 0 atom stereocenters. The molecule has 2 heterocycles. The number of hydrogen-bond donors (Lipinski definition) is 1. The highest BCUT2D eigenvalue weighted by Gasteiger charge is 2.12. The fourth-order valence-corrected chi connectivity index (χ4v) is 3.44. The van der Waals surface area contributed by atoms with Crippen LogP contribution in [0, 0.1) is 0 Å². The van der Waals surface area contributed by atoms with Gasteiger partial charge in [-0.05, 0) is 28.1 Å². The number of aryl methyl sites for hydroxylation is 1. The van der Waals surface area contributed by atoms with Gasteiger partial charge in [-0.3, -0.25) is 4.79 Å². The Morgan fingerprint density at radius 3 is 3.00 bits per heavy atom. The average molecular weight is 362 g/mol. The Morgan fingerprint density at radius 1 is 1.43 bits per heavy atom. The summed E-state index contributed by atoms with van der Waals surface area (Å²) in [6.45, 7) is 0. The number of thiophene rings is 1. The van der Waals surface area contributed by atoms with E-state index >= 15 is 0 Å². The predicted octanol–water partition coefficient (Wildman–Crippen LogP) is 3.77. The minimum atomic E-state index is -0.210. The molecule has 0 fully saturated rings. The molecule has 0 saturated carbocycles. The van der Waals surface area contributed by atoms with Crippen molar-refractivity contribution in [3.63, 3.8) is 0 Å². The summed E-state index contributed by atoms with van der Waals surface area (Å²) in [4.78, 5) is 13.2. The van der Waals surface area contributed by atoms with Crippen LogP contribution in [0.1, 0.15) is 15.2 Å². The fourth-order valence-electron chi connectivity index (χ4n) is 2.13. The maximum Gasteiger partial charge on any atom is 0.273 e. The van der Waals surface area contributed by atoms with Crippen LogP contribution in [0.5, 0.6) is 0 Å². The van der Waals surface area contributed by atoms with Crippen LogP contribution in [0.3, 0.4) is 0 Å². The molecular weight excluding hydrogens is 350 g/mol. The van der Waals surface area contributed by atoms with E-state index < -0.39 is 0 Å². The van der Waals surface area contributed by atoms with E-state index in [1.807, 2.05) is 53.5 Å². The van der Waals surface area contributed by atoms with Crippen molar-refractivity contribution in [1.29, 1.82) is 0 Å². The van der Waals surface area contributed by atoms with Gasteiger partial charge in [-0.25, -0.2) is 5.43 Å². The molecule has 0 aliphatic carbocycles. The van der Waals surface area contributed by atoms with E-state index in [4.69, 9.17) is 0 Å². The van der Waals surface area contributed by atoms with Crippen LogP contribution in [0.4, 0.5) is 0 Å². The summed E-state index contributed by atoms with van der Waals surface area (Å²) < 4.78 is 2.94. The first-order valence-electron chi connectivity index (χ1n) is 6.26. The standard InChI is InChI=1S/C15H12BrN3OS/c1-19-8-13(12-4-2-3-5-14(12)19)15(20)18-17-7-11-6-10(16)9-21-11/h2-9H,1H3,(H,18,20). The zero-order valence-electron chi connectivity index (χ0n) is 11.2. The molecule has 1 amide bonds. The fraction of sp³-hybridized carbons (Fsp3) is 0.0667. The Morgan fingerprint density at radius 2 is 2.24 bits per heavy atom. The summed E-state index contributed by atoms with van der Waals surface area (Å²) in [6, 6.07) is 9.74. The smallest absolute Gasteiger partial charge is 0.273 e. The molecule has 4 nitrogen and oxygen atoms in total. The van der Waals surface area contributed by atoms with Crippen molar-refractivity contribution < 1.29 is 4.79 Å². The van der Waals surface area contributed by atoms with Crippen LogP contribution >= 0.6 is 27.3 Å². The molecular formula is C15H12BrN3OS. The lowest BCUT2D eigenvalue weighted by molar-refractivity contribution is 0.0956. The van der Waals surface area contributed by atoms with Crippen LogP contribution in [-0.2, 0) is 7.05 Å². The lowest BCUT2D eigenvalue weighted by Gasteiger charge is -1.97. The number of hydrazone groups is 1. The summed E-state index contributed by atoms with van der Waals surface area (Å²) in [6.07, 6.45) is 3.45. The molecule has 6 heteroatoms. The van der Waals surface area contributed by atoms with Gasteiger partial charge in [-0.2, -0.15) is 5.10 Å². The number of halogens is 1. The second kappa shape index (κ2) is 5.83. The summed E-state index contributed by atoms with van der Waals surface area (Å²) >= 11 is 4.93. The van der Waals surface area contributed by atoms with Gasteiger partial charge in [0.25, 0.3) is 5.91 Å². The molecule has 0 spiro atoms. The van der Waals surface area contributed by atoms with E-state index in [0.717, 1.165) is 20.3 Å². The quantitative estimate of drug-likeness (QED) is 0.560. The van der Waals surface area contributed by atoms with Crippen LogP contribution in [0.25, 0.3) is 10.9 Å². The maximum absolute atomic E-state index is 12.2.